The first-order valence-corrected chi connectivity index (χ1v) is 6.72. The van der Waals surface area contributed by atoms with Gasteiger partial charge in [0.25, 0.3) is 5.69 Å². The van der Waals surface area contributed by atoms with Crippen molar-refractivity contribution < 1.29 is 24.3 Å². The fourth-order valence-corrected chi connectivity index (χ4v) is 2.26. The Morgan fingerprint density at radius 3 is 2.71 bits per heavy atom. The summed E-state index contributed by atoms with van der Waals surface area (Å²) in [6.45, 7) is 3.33. The van der Waals surface area contributed by atoms with Crippen LogP contribution in [0.1, 0.15) is 28.8 Å². The van der Waals surface area contributed by atoms with Crippen LogP contribution in [0.3, 0.4) is 0 Å². The van der Waals surface area contributed by atoms with Gasteiger partial charge in [0.2, 0.25) is 0 Å². The van der Waals surface area contributed by atoms with Crippen LogP contribution in [0.2, 0.25) is 0 Å². The molecule has 0 radical (unpaired) electrons. The molecule has 1 N–H and O–H groups in total. The van der Waals surface area contributed by atoms with Gasteiger partial charge in [-0.15, -0.1) is 0 Å². The quantitative estimate of drug-likeness (QED) is 0.661. The number of hydrogen-bond donors (Lipinski definition) is 1. The number of nitro groups is 1. The van der Waals surface area contributed by atoms with Gasteiger partial charge >= 0.3 is 5.97 Å². The predicted octanol–water partition coefficient (Wildman–Crippen LogP) is 2.41. The van der Waals surface area contributed by atoms with Crippen LogP contribution < -0.4 is 4.74 Å². The van der Waals surface area contributed by atoms with Crippen molar-refractivity contribution in [2.24, 2.45) is 5.92 Å². The molecule has 0 bridgehead atoms. The third-order valence-electron chi connectivity index (χ3n) is 3.59. The fraction of sp³-hybridized carbons (Fsp3) is 0.500. The lowest BCUT2D eigenvalue weighted by Crippen LogP contribution is -2.21. The molecule has 1 aliphatic heterocycles. The van der Waals surface area contributed by atoms with Crippen molar-refractivity contribution in [3.05, 3.63) is 33.4 Å². The number of aromatic carboxylic acids is 1. The molecule has 1 aliphatic rings. The van der Waals surface area contributed by atoms with E-state index in [-0.39, 0.29) is 17.0 Å². The summed E-state index contributed by atoms with van der Waals surface area (Å²) < 4.78 is 10.9. The topological polar surface area (TPSA) is 98.9 Å². The molecule has 1 aromatic carbocycles. The molecular formula is C14H17NO6. The lowest BCUT2D eigenvalue weighted by Gasteiger charge is -2.22. The van der Waals surface area contributed by atoms with E-state index in [0.717, 1.165) is 18.9 Å². The van der Waals surface area contributed by atoms with E-state index in [2.05, 4.69) is 0 Å². The number of carboxylic acids is 1. The van der Waals surface area contributed by atoms with Crippen molar-refractivity contribution in [2.75, 3.05) is 19.8 Å². The zero-order chi connectivity index (χ0) is 15.4. The Balaban J connectivity index is 2.20. The summed E-state index contributed by atoms with van der Waals surface area (Å²) in [7, 11) is 0. The second-order valence-electron chi connectivity index (χ2n) is 5.05. The Bertz CT molecular complexity index is 551. The van der Waals surface area contributed by atoms with E-state index in [9.17, 15) is 14.9 Å². The molecule has 0 atom stereocenters. The lowest BCUT2D eigenvalue weighted by atomic mass is 10.0. The molecule has 7 nitrogen and oxygen atoms in total. The van der Waals surface area contributed by atoms with E-state index in [0.29, 0.717) is 31.3 Å². The fourth-order valence-electron chi connectivity index (χ4n) is 2.26. The standard InChI is InChI=1S/C14H17NO6/c1-9-12(15(18)19)6-11(14(16)17)7-13(9)21-8-10-2-4-20-5-3-10/h6-7,10H,2-5,8H2,1H3,(H,16,17). The van der Waals surface area contributed by atoms with Crippen molar-refractivity contribution >= 4 is 11.7 Å². The minimum Gasteiger partial charge on any atom is -0.493 e. The molecule has 1 saturated heterocycles. The Morgan fingerprint density at radius 1 is 1.48 bits per heavy atom. The number of nitro benzene ring substituents is 1. The highest BCUT2D eigenvalue weighted by molar-refractivity contribution is 5.89. The highest BCUT2D eigenvalue weighted by atomic mass is 16.6. The summed E-state index contributed by atoms with van der Waals surface area (Å²) in [5.74, 6) is -0.632. The van der Waals surface area contributed by atoms with E-state index >= 15 is 0 Å². The van der Waals surface area contributed by atoms with Crippen molar-refractivity contribution in [3.63, 3.8) is 0 Å². The van der Waals surface area contributed by atoms with Crippen molar-refractivity contribution in [1.82, 2.24) is 0 Å². The average Bonchev–Trinajstić information content (AvgIpc) is 2.46. The summed E-state index contributed by atoms with van der Waals surface area (Å²) >= 11 is 0. The molecule has 0 aromatic heterocycles. The number of rotatable bonds is 5. The maximum Gasteiger partial charge on any atom is 0.336 e. The first-order valence-electron chi connectivity index (χ1n) is 6.72. The monoisotopic (exact) mass is 295 g/mol. The van der Waals surface area contributed by atoms with Gasteiger partial charge in [-0.3, -0.25) is 10.1 Å². The molecule has 1 fully saturated rings. The van der Waals surface area contributed by atoms with Crippen LogP contribution in [0.4, 0.5) is 5.69 Å². The van der Waals surface area contributed by atoms with Gasteiger partial charge in [-0.1, -0.05) is 0 Å². The Labute approximate surface area is 121 Å². The highest BCUT2D eigenvalue weighted by Gasteiger charge is 2.21. The summed E-state index contributed by atoms with van der Waals surface area (Å²) in [6.07, 6.45) is 1.75. The van der Waals surface area contributed by atoms with Gasteiger partial charge in [-0.25, -0.2) is 4.79 Å². The van der Waals surface area contributed by atoms with E-state index in [1.165, 1.54) is 6.07 Å². The Morgan fingerprint density at radius 2 is 2.14 bits per heavy atom. The van der Waals surface area contributed by atoms with Gasteiger partial charge in [0.15, 0.2) is 0 Å². The van der Waals surface area contributed by atoms with Gasteiger partial charge in [-0.2, -0.15) is 0 Å². The number of carboxylic acid groups (broad SMARTS) is 1. The number of benzene rings is 1. The van der Waals surface area contributed by atoms with Crippen LogP contribution in [0.5, 0.6) is 5.75 Å². The summed E-state index contributed by atoms with van der Waals surface area (Å²) in [4.78, 5) is 21.5. The van der Waals surface area contributed by atoms with E-state index in [4.69, 9.17) is 14.6 Å². The van der Waals surface area contributed by atoms with Crippen molar-refractivity contribution in [3.8, 4) is 5.75 Å². The van der Waals surface area contributed by atoms with Crippen LogP contribution in [0, 0.1) is 23.0 Å². The van der Waals surface area contributed by atoms with Crippen molar-refractivity contribution in [2.45, 2.75) is 19.8 Å². The van der Waals surface area contributed by atoms with Gasteiger partial charge in [-0.05, 0) is 31.7 Å². The molecule has 21 heavy (non-hydrogen) atoms. The van der Waals surface area contributed by atoms with Crippen LogP contribution >= 0.6 is 0 Å². The number of nitrogens with zero attached hydrogens (tertiary/aromatic N) is 1. The zero-order valence-electron chi connectivity index (χ0n) is 11.7. The predicted molar refractivity (Wildman–Crippen MR) is 73.8 cm³/mol. The minimum absolute atomic E-state index is 0.144. The molecule has 7 heteroatoms. The molecule has 0 aliphatic carbocycles. The number of carbonyl (C=O) groups is 1. The molecule has 2 rings (SSSR count). The van der Waals surface area contributed by atoms with Gasteiger partial charge in [0, 0.05) is 19.3 Å². The first kappa shape index (κ1) is 15.2. The minimum atomic E-state index is -1.21. The maximum absolute atomic E-state index is 11.1. The second-order valence-corrected chi connectivity index (χ2v) is 5.05. The van der Waals surface area contributed by atoms with E-state index in [1.807, 2.05) is 0 Å². The molecule has 1 heterocycles. The first-order chi connectivity index (χ1) is 9.99. The Kier molecular flexibility index (Phi) is 4.74. The SMILES string of the molecule is Cc1c(OCC2CCOCC2)cc(C(=O)O)cc1[N+](=O)[O-]. The smallest absolute Gasteiger partial charge is 0.336 e. The molecule has 0 amide bonds. The average molecular weight is 295 g/mol. The van der Waals surface area contributed by atoms with Crippen LogP contribution in [0.15, 0.2) is 12.1 Å². The van der Waals surface area contributed by atoms with Crippen LogP contribution in [-0.2, 0) is 4.74 Å². The summed E-state index contributed by atoms with van der Waals surface area (Å²) in [5.41, 5.74) is -0.0387. The van der Waals surface area contributed by atoms with Crippen LogP contribution in [0.25, 0.3) is 0 Å². The van der Waals surface area contributed by atoms with Gasteiger partial charge in [0.1, 0.15) is 5.75 Å². The zero-order valence-corrected chi connectivity index (χ0v) is 11.7. The van der Waals surface area contributed by atoms with E-state index in [1.54, 1.807) is 6.92 Å². The maximum atomic E-state index is 11.1. The summed E-state index contributed by atoms with van der Waals surface area (Å²) in [6, 6.07) is 2.39. The normalized spacial score (nSPS) is 15.7. The summed E-state index contributed by atoms with van der Waals surface area (Å²) in [5, 5.41) is 20.0. The highest BCUT2D eigenvalue weighted by Crippen LogP contribution is 2.30. The molecule has 0 unspecified atom stereocenters. The largest absolute Gasteiger partial charge is 0.493 e. The van der Waals surface area contributed by atoms with Gasteiger partial charge < -0.3 is 14.6 Å². The third-order valence-corrected chi connectivity index (χ3v) is 3.59. The van der Waals surface area contributed by atoms with Crippen LogP contribution in [-0.4, -0.2) is 35.8 Å². The molecule has 114 valence electrons. The van der Waals surface area contributed by atoms with E-state index < -0.39 is 10.9 Å². The third kappa shape index (κ3) is 3.69. The number of hydrogen-bond acceptors (Lipinski definition) is 5. The second kappa shape index (κ2) is 6.53. The molecular weight excluding hydrogens is 278 g/mol. The molecule has 1 aromatic rings. The Hall–Kier alpha value is -2.15. The number of ether oxygens (including phenoxy) is 2. The van der Waals surface area contributed by atoms with Crippen molar-refractivity contribution in [1.29, 1.82) is 0 Å². The van der Waals surface area contributed by atoms with Gasteiger partial charge in [0.05, 0.1) is 22.7 Å². The lowest BCUT2D eigenvalue weighted by molar-refractivity contribution is -0.385. The molecule has 0 saturated carbocycles. The molecule has 0 spiro atoms.